The van der Waals surface area contributed by atoms with Crippen molar-refractivity contribution in [2.45, 2.75) is 39.7 Å². The molecule has 6 nitrogen and oxygen atoms in total. The number of alkyl carbamates (subject to hydrolysis) is 1. The zero-order chi connectivity index (χ0) is 17.5. The molecule has 1 rings (SSSR count). The normalized spacial score (nSPS) is 13.0. The molecule has 0 aliphatic heterocycles. The molecule has 2 N–H and O–H groups in total. The summed E-state index contributed by atoms with van der Waals surface area (Å²) in [6.07, 6.45) is 2.16. The summed E-state index contributed by atoms with van der Waals surface area (Å²) in [5.74, 6) is 0.136. The highest BCUT2D eigenvalue weighted by Gasteiger charge is 2.18. The lowest BCUT2D eigenvalue weighted by Crippen LogP contribution is -2.39. The SMILES string of the molecule is Cc1c(CC(CNCCF)CNC(=O)OC(C)(C)C)cnn1C. The highest BCUT2D eigenvalue weighted by Crippen LogP contribution is 2.12. The van der Waals surface area contributed by atoms with E-state index in [4.69, 9.17) is 4.74 Å². The second-order valence-electron chi connectivity index (χ2n) is 6.72. The number of rotatable bonds is 8. The predicted octanol–water partition coefficient (Wildman–Crippen LogP) is 1.97. The smallest absolute Gasteiger partial charge is 0.407 e. The highest BCUT2D eigenvalue weighted by molar-refractivity contribution is 5.67. The highest BCUT2D eigenvalue weighted by atomic mass is 19.1. The molecule has 1 aromatic rings. The molecule has 132 valence electrons. The lowest BCUT2D eigenvalue weighted by atomic mass is 9.99. The number of carbonyl (C=O) groups excluding carboxylic acids is 1. The Bertz CT molecular complexity index is 497. The maximum atomic E-state index is 12.3. The summed E-state index contributed by atoms with van der Waals surface area (Å²) in [5, 5.41) is 10.1. The molecule has 23 heavy (non-hydrogen) atoms. The van der Waals surface area contributed by atoms with Gasteiger partial charge in [-0.1, -0.05) is 0 Å². The molecule has 0 aliphatic rings. The Morgan fingerprint density at radius 1 is 1.43 bits per heavy atom. The van der Waals surface area contributed by atoms with Gasteiger partial charge >= 0.3 is 6.09 Å². The average molecular weight is 328 g/mol. The van der Waals surface area contributed by atoms with Gasteiger partial charge < -0.3 is 15.4 Å². The molecule has 1 heterocycles. The Morgan fingerprint density at radius 2 is 2.13 bits per heavy atom. The Kier molecular flexibility index (Phi) is 7.48. The van der Waals surface area contributed by atoms with Crippen LogP contribution >= 0.6 is 0 Å². The van der Waals surface area contributed by atoms with Gasteiger partial charge in [-0.05, 0) is 45.6 Å². The fourth-order valence-electron chi connectivity index (χ4n) is 2.19. The Labute approximate surface area is 137 Å². The van der Waals surface area contributed by atoms with Crippen LogP contribution in [0.2, 0.25) is 0 Å². The number of amides is 1. The molecule has 7 heteroatoms. The lowest BCUT2D eigenvalue weighted by molar-refractivity contribution is 0.0519. The maximum Gasteiger partial charge on any atom is 0.407 e. The first-order valence-corrected chi connectivity index (χ1v) is 7.94. The van der Waals surface area contributed by atoms with Crippen LogP contribution in [0.1, 0.15) is 32.0 Å². The zero-order valence-corrected chi connectivity index (χ0v) is 14.8. The second-order valence-corrected chi connectivity index (χ2v) is 6.72. The van der Waals surface area contributed by atoms with Crippen LogP contribution in [-0.2, 0) is 18.2 Å². The van der Waals surface area contributed by atoms with Gasteiger partial charge in [0.25, 0.3) is 0 Å². The fraction of sp³-hybridized carbons (Fsp3) is 0.750. The first-order valence-electron chi connectivity index (χ1n) is 7.94. The molecule has 0 radical (unpaired) electrons. The first-order chi connectivity index (χ1) is 10.7. The van der Waals surface area contributed by atoms with Crippen molar-refractivity contribution in [3.05, 3.63) is 17.5 Å². The number of hydrogen-bond acceptors (Lipinski definition) is 4. The molecular weight excluding hydrogens is 299 g/mol. The van der Waals surface area contributed by atoms with E-state index < -0.39 is 18.4 Å². The van der Waals surface area contributed by atoms with Crippen LogP contribution < -0.4 is 10.6 Å². The topological polar surface area (TPSA) is 68.2 Å². The van der Waals surface area contributed by atoms with Crippen LogP contribution in [0, 0.1) is 12.8 Å². The number of alkyl halides is 1. The van der Waals surface area contributed by atoms with Gasteiger partial charge in [0.15, 0.2) is 0 Å². The van der Waals surface area contributed by atoms with E-state index in [0.29, 0.717) is 19.6 Å². The number of halogens is 1. The van der Waals surface area contributed by atoms with Crippen molar-refractivity contribution in [2.75, 3.05) is 26.3 Å². The largest absolute Gasteiger partial charge is 0.444 e. The molecule has 0 fully saturated rings. The van der Waals surface area contributed by atoms with Crippen molar-refractivity contribution < 1.29 is 13.9 Å². The van der Waals surface area contributed by atoms with E-state index in [-0.39, 0.29) is 5.92 Å². The number of nitrogens with one attached hydrogen (secondary N) is 2. The van der Waals surface area contributed by atoms with E-state index in [1.54, 1.807) is 0 Å². The van der Waals surface area contributed by atoms with Crippen molar-refractivity contribution in [2.24, 2.45) is 13.0 Å². The molecule has 0 bridgehead atoms. The van der Waals surface area contributed by atoms with Gasteiger partial charge in [0.2, 0.25) is 0 Å². The van der Waals surface area contributed by atoms with E-state index in [2.05, 4.69) is 15.7 Å². The number of aryl methyl sites for hydroxylation is 1. The molecule has 0 saturated heterocycles. The molecule has 0 aromatic carbocycles. The average Bonchev–Trinajstić information content (AvgIpc) is 2.75. The van der Waals surface area contributed by atoms with Crippen molar-refractivity contribution in [1.29, 1.82) is 0 Å². The van der Waals surface area contributed by atoms with Crippen LogP contribution in [0.4, 0.5) is 9.18 Å². The van der Waals surface area contributed by atoms with Crippen LogP contribution in [0.25, 0.3) is 0 Å². The molecule has 0 aliphatic carbocycles. The van der Waals surface area contributed by atoms with Crippen LogP contribution in [-0.4, -0.2) is 47.8 Å². The summed E-state index contributed by atoms with van der Waals surface area (Å²) in [4.78, 5) is 11.8. The number of aromatic nitrogens is 2. The number of hydrogen-bond donors (Lipinski definition) is 2. The first kappa shape index (κ1) is 19.4. The lowest BCUT2D eigenvalue weighted by Gasteiger charge is -2.22. The van der Waals surface area contributed by atoms with Crippen molar-refractivity contribution in [3.63, 3.8) is 0 Å². The van der Waals surface area contributed by atoms with E-state index >= 15 is 0 Å². The molecular formula is C16H29FN4O2. The quantitative estimate of drug-likeness (QED) is 0.716. The Balaban J connectivity index is 2.58. The Morgan fingerprint density at radius 3 is 2.65 bits per heavy atom. The van der Waals surface area contributed by atoms with Crippen molar-refractivity contribution in [3.8, 4) is 0 Å². The van der Waals surface area contributed by atoms with Crippen LogP contribution in [0.15, 0.2) is 6.20 Å². The summed E-state index contributed by atoms with van der Waals surface area (Å²) in [5.41, 5.74) is 1.70. The summed E-state index contributed by atoms with van der Waals surface area (Å²) in [7, 11) is 1.90. The predicted molar refractivity (Wildman–Crippen MR) is 88.2 cm³/mol. The zero-order valence-electron chi connectivity index (χ0n) is 14.8. The molecule has 0 saturated carbocycles. The molecule has 1 atom stereocenters. The summed E-state index contributed by atoms with van der Waals surface area (Å²) >= 11 is 0. The number of ether oxygens (including phenoxy) is 1. The summed E-state index contributed by atoms with van der Waals surface area (Å²) in [6.45, 7) is 8.48. The van der Waals surface area contributed by atoms with Gasteiger partial charge in [-0.25, -0.2) is 9.18 Å². The molecule has 0 spiro atoms. The second kappa shape index (κ2) is 8.86. The van der Waals surface area contributed by atoms with Gasteiger partial charge in [-0.2, -0.15) is 5.10 Å². The third-order valence-corrected chi connectivity index (χ3v) is 3.48. The van der Waals surface area contributed by atoms with Crippen molar-refractivity contribution >= 4 is 6.09 Å². The fourth-order valence-corrected chi connectivity index (χ4v) is 2.19. The summed E-state index contributed by atoms with van der Waals surface area (Å²) in [6, 6.07) is 0. The van der Waals surface area contributed by atoms with Crippen LogP contribution in [0.3, 0.4) is 0 Å². The molecule has 1 unspecified atom stereocenters. The minimum atomic E-state index is -0.522. The molecule has 1 aromatic heterocycles. The third kappa shape index (κ3) is 7.45. The maximum absolute atomic E-state index is 12.3. The van der Waals surface area contributed by atoms with Crippen molar-refractivity contribution in [1.82, 2.24) is 20.4 Å². The van der Waals surface area contributed by atoms with Gasteiger partial charge in [0.05, 0.1) is 6.20 Å². The van der Waals surface area contributed by atoms with E-state index in [9.17, 15) is 9.18 Å². The van der Waals surface area contributed by atoms with Gasteiger partial charge in [-0.15, -0.1) is 0 Å². The third-order valence-electron chi connectivity index (χ3n) is 3.48. The van der Waals surface area contributed by atoms with E-state index in [1.165, 1.54) is 0 Å². The van der Waals surface area contributed by atoms with E-state index in [0.717, 1.165) is 17.7 Å². The standard InChI is InChI=1S/C16H29FN4O2/c1-12-14(11-20-21(12)5)8-13(9-18-7-6-17)10-19-15(22)23-16(2,3)4/h11,13,18H,6-10H2,1-5H3,(H,19,22). The van der Waals surface area contributed by atoms with Gasteiger partial charge in [-0.3, -0.25) is 4.68 Å². The van der Waals surface area contributed by atoms with E-state index in [1.807, 2.05) is 45.6 Å². The van der Waals surface area contributed by atoms with Crippen LogP contribution in [0.5, 0.6) is 0 Å². The van der Waals surface area contributed by atoms with Gasteiger partial charge in [0, 0.05) is 32.4 Å². The summed E-state index contributed by atoms with van der Waals surface area (Å²) < 4.78 is 19.3. The monoisotopic (exact) mass is 328 g/mol. The van der Waals surface area contributed by atoms with Gasteiger partial charge in [0.1, 0.15) is 12.3 Å². The minimum Gasteiger partial charge on any atom is -0.444 e. The minimum absolute atomic E-state index is 0.136. The number of nitrogens with zero attached hydrogens (tertiary/aromatic N) is 2. The Hall–Kier alpha value is -1.63. The molecule has 1 amide bonds. The number of carbonyl (C=O) groups is 1.